The number of hydrogen-bond acceptors (Lipinski definition) is 5. The number of carbonyl (C=O) groups is 3. The van der Waals surface area contributed by atoms with E-state index in [1.165, 1.54) is 25.3 Å². The minimum atomic E-state index is -1.08. The largest absolute Gasteiger partial charge is 0.493 e. The van der Waals surface area contributed by atoms with Gasteiger partial charge in [-0.2, -0.15) is 0 Å². The molecular weight excluding hydrogens is 316 g/mol. The van der Waals surface area contributed by atoms with Crippen LogP contribution in [0.2, 0.25) is 0 Å². The van der Waals surface area contributed by atoms with E-state index in [1.807, 2.05) is 6.92 Å². The Morgan fingerprint density at radius 3 is 2.54 bits per heavy atom. The highest BCUT2D eigenvalue weighted by molar-refractivity contribution is 5.97. The number of carboxylic acid groups (broad SMARTS) is 1. The van der Waals surface area contributed by atoms with Crippen LogP contribution in [0.25, 0.3) is 0 Å². The first-order chi connectivity index (χ1) is 11.4. The molecular formula is C16H22N2O6. The Morgan fingerprint density at radius 2 is 2.00 bits per heavy atom. The third kappa shape index (κ3) is 5.79. The zero-order valence-corrected chi connectivity index (χ0v) is 13.7. The third-order valence-electron chi connectivity index (χ3n) is 3.25. The van der Waals surface area contributed by atoms with E-state index in [-0.39, 0.29) is 23.7 Å². The maximum Gasteiger partial charge on any atom is 0.326 e. The van der Waals surface area contributed by atoms with Crippen LogP contribution in [0.15, 0.2) is 18.2 Å². The van der Waals surface area contributed by atoms with Crippen LogP contribution >= 0.6 is 0 Å². The summed E-state index contributed by atoms with van der Waals surface area (Å²) in [5.41, 5.74) is 5.23. The number of carboxylic acids is 1. The summed E-state index contributed by atoms with van der Waals surface area (Å²) in [4.78, 5) is 34.2. The molecule has 8 nitrogen and oxygen atoms in total. The monoisotopic (exact) mass is 338 g/mol. The normalized spacial score (nSPS) is 11.4. The number of methoxy groups -OCH3 is 1. The van der Waals surface area contributed by atoms with E-state index in [4.69, 9.17) is 20.3 Å². The van der Waals surface area contributed by atoms with Crippen molar-refractivity contribution in [1.82, 2.24) is 5.32 Å². The van der Waals surface area contributed by atoms with E-state index in [2.05, 4.69) is 5.32 Å². The molecule has 8 heteroatoms. The molecule has 0 fully saturated rings. The number of carbonyl (C=O) groups excluding carboxylic acids is 2. The quantitative estimate of drug-likeness (QED) is 0.582. The number of rotatable bonds is 10. The van der Waals surface area contributed by atoms with E-state index in [1.54, 1.807) is 0 Å². The molecule has 0 saturated carbocycles. The van der Waals surface area contributed by atoms with Gasteiger partial charge in [-0.15, -0.1) is 0 Å². The van der Waals surface area contributed by atoms with Crippen molar-refractivity contribution in [1.29, 1.82) is 0 Å². The molecule has 1 aromatic carbocycles. The molecule has 0 unspecified atom stereocenters. The number of ether oxygens (including phenoxy) is 2. The molecule has 0 radical (unpaired) electrons. The van der Waals surface area contributed by atoms with Gasteiger partial charge in [-0.3, -0.25) is 9.59 Å². The minimum absolute atomic E-state index is 0.223. The van der Waals surface area contributed by atoms with Gasteiger partial charge in [-0.05, 0) is 24.6 Å². The van der Waals surface area contributed by atoms with Crippen LogP contribution in [-0.4, -0.2) is 42.6 Å². The van der Waals surface area contributed by atoms with Crippen LogP contribution in [0.1, 0.15) is 36.5 Å². The number of aliphatic carboxylic acids is 1. The summed E-state index contributed by atoms with van der Waals surface area (Å²) >= 11 is 0. The maximum absolute atomic E-state index is 12.2. The zero-order chi connectivity index (χ0) is 18.1. The number of nitrogens with one attached hydrogen (secondary N) is 1. The summed E-state index contributed by atoms with van der Waals surface area (Å²) in [6.45, 7) is 1.62. The van der Waals surface area contributed by atoms with Crippen LogP contribution in [0.4, 0.5) is 0 Å². The van der Waals surface area contributed by atoms with Crippen molar-refractivity contribution in [3.8, 4) is 11.5 Å². The van der Waals surface area contributed by atoms with Crippen LogP contribution in [0.3, 0.4) is 0 Å². The van der Waals surface area contributed by atoms with Crippen molar-refractivity contribution in [2.75, 3.05) is 13.7 Å². The van der Waals surface area contributed by atoms with Crippen molar-refractivity contribution in [2.24, 2.45) is 5.73 Å². The first-order valence-corrected chi connectivity index (χ1v) is 7.51. The highest BCUT2D eigenvalue weighted by atomic mass is 16.5. The summed E-state index contributed by atoms with van der Waals surface area (Å²) < 4.78 is 10.3. The van der Waals surface area contributed by atoms with Gasteiger partial charge >= 0.3 is 5.97 Å². The number of benzene rings is 1. The van der Waals surface area contributed by atoms with Crippen molar-refractivity contribution < 1.29 is 29.0 Å². The van der Waals surface area contributed by atoms with Gasteiger partial charge in [0.2, 0.25) is 0 Å². The van der Waals surface area contributed by atoms with Crippen LogP contribution < -0.4 is 20.5 Å². The number of amides is 2. The van der Waals surface area contributed by atoms with Gasteiger partial charge in [-0.25, -0.2) is 4.79 Å². The average Bonchev–Trinajstić information content (AvgIpc) is 2.55. The Morgan fingerprint density at radius 1 is 1.29 bits per heavy atom. The predicted octanol–water partition coefficient (Wildman–Crippen LogP) is 0.932. The summed E-state index contributed by atoms with van der Waals surface area (Å²) in [6.07, 6.45) is 1.88. The Labute approximate surface area is 139 Å². The predicted molar refractivity (Wildman–Crippen MR) is 86.1 cm³/mol. The molecule has 132 valence electrons. The highest BCUT2D eigenvalue weighted by Crippen LogP contribution is 2.28. The molecule has 0 heterocycles. The molecule has 0 aliphatic heterocycles. The topological polar surface area (TPSA) is 128 Å². The zero-order valence-electron chi connectivity index (χ0n) is 13.7. The summed E-state index contributed by atoms with van der Waals surface area (Å²) in [5.74, 6) is -1.75. The first kappa shape index (κ1) is 19.3. The first-order valence-electron chi connectivity index (χ1n) is 7.51. The Kier molecular flexibility index (Phi) is 7.54. The summed E-state index contributed by atoms with van der Waals surface area (Å²) in [7, 11) is 1.38. The van der Waals surface area contributed by atoms with Crippen molar-refractivity contribution >= 4 is 17.8 Å². The second kappa shape index (κ2) is 9.39. The van der Waals surface area contributed by atoms with E-state index in [0.29, 0.717) is 12.8 Å². The summed E-state index contributed by atoms with van der Waals surface area (Å²) in [6, 6.07) is 3.37. The lowest BCUT2D eigenvalue weighted by atomic mass is 10.1. The third-order valence-corrected chi connectivity index (χ3v) is 3.25. The lowest BCUT2D eigenvalue weighted by molar-refractivity contribution is -0.139. The molecule has 1 rings (SSSR count). The molecule has 4 N–H and O–H groups in total. The van der Waals surface area contributed by atoms with E-state index >= 15 is 0 Å². The second-order valence-corrected chi connectivity index (χ2v) is 5.13. The molecule has 24 heavy (non-hydrogen) atoms. The standard InChI is InChI=1S/C16H22N2O6/c1-3-4-5-11(16(21)22)18-15(20)10-6-7-12(13(8-10)23-2)24-9-14(17)19/h6-8,11H,3-5,9H2,1-2H3,(H2,17,19)(H,18,20)(H,21,22)/t11-/m0/s1. The smallest absolute Gasteiger partial charge is 0.326 e. The van der Waals surface area contributed by atoms with Crippen molar-refractivity contribution in [3.05, 3.63) is 23.8 Å². The maximum atomic E-state index is 12.2. The average molecular weight is 338 g/mol. The van der Waals surface area contributed by atoms with E-state index < -0.39 is 23.8 Å². The molecule has 0 aromatic heterocycles. The second-order valence-electron chi connectivity index (χ2n) is 5.13. The Bertz CT molecular complexity index is 602. The Hall–Kier alpha value is -2.77. The Balaban J connectivity index is 2.86. The van der Waals surface area contributed by atoms with E-state index in [0.717, 1.165) is 6.42 Å². The lowest BCUT2D eigenvalue weighted by Crippen LogP contribution is -2.40. The van der Waals surface area contributed by atoms with Crippen LogP contribution in [-0.2, 0) is 9.59 Å². The molecule has 0 bridgehead atoms. The fourth-order valence-corrected chi connectivity index (χ4v) is 1.98. The molecule has 0 aliphatic carbocycles. The van der Waals surface area contributed by atoms with E-state index in [9.17, 15) is 14.4 Å². The number of primary amides is 1. The highest BCUT2D eigenvalue weighted by Gasteiger charge is 2.21. The molecule has 0 spiro atoms. The van der Waals surface area contributed by atoms with Crippen molar-refractivity contribution in [2.45, 2.75) is 32.2 Å². The molecule has 2 amide bonds. The van der Waals surface area contributed by atoms with Gasteiger partial charge < -0.3 is 25.6 Å². The summed E-state index contributed by atoms with van der Waals surface area (Å²) in [5, 5.41) is 11.6. The molecule has 0 aliphatic rings. The number of hydrogen-bond donors (Lipinski definition) is 3. The van der Waals surface area contributed by atoms with Gasteiger partial charge in [0.15, 0.2) is 18.1 Å². The minimum Gasteiger partial charge on any atom is -0.493 e. The molecule has 0 saturated heterocycles. The van der Waals surface area contributed by atoms with Gasteiger partial charge in [-0.1, -0.05) is 19.8 Å². The fourth-order valence-electron chi connectivity index (χ4n) is 1.98. The number of nitrogens with two attached hydrogens (primary N) is 1. The fraction of sp³-hybridized carbons (Fsp3) is 0.438. The van der Waals surface area contributed by atoms with Crippen LogP contribution in [0.5, 0.6) is 11.5 Å². The van der Waals surface area contributed by atoms with Gasteiger partial charge in [0.25, 0.3) is 11.8 Å². The lowest BCUT2D eigenvalue weighted by Gasteiger charge is -2.15. The van der Waals surface area contributed by atoms with Gasteiger partial charge in [0, 0.05) is 5.56 Å². The number of unbranched alkanes of at least 4 members (excludes halogenated alkanes) is 1. The molecule has 1 atom stereocenters. The SMILES string of the molecule is CCCC[C@H](NC(=O)c1ccc(OCC(N)=O)c(OC)c1)C(=O)O. The van der Waals surface area contributed by atoms with Gasteiger partial charge in [0.1, 0.15) is 6.04 Å². The van der Waals surface area contributed by atoms with Gasteiger partial charge in [0.05, 0.1) is 7.11 Å². The van der Waals surface area contributed by atoms with Crippen molar-refractivity contribution in [3.63, 3.8) is 0 Å². The van der Waals surface area contributed by atoms with Crippen LogP contribution in [0, 0.1) is 0 Å². The molecule has 1 aromatic rings.